The standard InChI is InChI=1S/C38H22N2O/c39-23-25-11-17-37-34(19-25)35-20-30(16-18-38(35)41-37)26-12-14-27(15-13-26)31-21-32(28-7-3-1-4-8-28)36(24-40)33(22-31)29-9-5-2-6-10-29/h1-22H. The second-order valence-corrected chi connectivity index (χ2v) is 10.0. The number of fused-ring (bicyclic) bond motifs is 3. The van der Waals surface area contributed by atoms with Crippen molar-refractivity contribution in [3.8, 4) is 56.6 Å². The van der Waals surface area contributed by atoms with Gasteiger partial charge in [0.1, 0.15) is 17.2 Å². The third-order valence-electron chi connectivity index (χ3n) is 7.57. The van der Waals surface area contributed by atoms with Crippen LogP contribution in [0.3, 0.4) is 0 Å². The van der Waals surface area contributed by atoms with E-state index in [1.165, 1.54) is 0 Å². The Kier molecular flexibility index (Phi) is 5.90. The summed E-state index contributed by atoms with van der Waals surface area (Å²) in [5, 5.41) is 21.5. The van der Waals surface area contributed by atoms with Crippen molar-refractivity contribution in [2.45, 2.75) is 0 Å². The van der Waals surface area contributed by atoms with E-state index in [2.05, 4.69) is 60.7 Å². The zero-order valence-corrected chi connectivity index (χ0v) is 22.0. The molecule has 0 fully saturated rings. The first-order valence-corrected chi connectivity index (χ1v) is 13.4. The molecule has 41 heavy (non-hydrogen) atoms. The van der Waals surface area contributed by atoms with Gasteiger partial charge in [-0.05, 0) is 75.8 Å². The highest BCUT2D eigenvalue weighted by atomic mass is 16.3. The van der Waals surface area contributed by atoms with Crippen molar-refractivity contribution in [1.29, 1.82) is 10.5 Å². The van der Waals surface area contributed by atoms with Crippen LogP contribution in [0, 0.1) is 22.7 Å². The monoisotopic (exact) mass is 522 g/mol. The topological polar surface area (TPSA) is 60.7 Å². The van der Waals surface area contributed by atoms with Gasteiger partial charge in [0.2, 0.25) is 0 Å². The predicted molar refractivity (Wildman–Crippen MR) is 165 cm³/mol. The SMILES string of the molecule is N#Cc1ccc2oc3ccc(-c4ccc(-c5cc(-c6ccccc6)c(C#N)c(-c6ccccc6)c5)cc4)cc3c2c1. The largest absolute Gasteiger partial charge is 0.456 e. The molecule has 0 unspecified atom stereocenters. The number of nitriles is 2. The fourth-order valence-corrected chi connectivity index (χ4v) is 5.50. The number of furan rings is 1. The van der Waals surface area contributed by atoms with E-state index in [1.54, 1.807) is 6.07 Å². The van der Waals surface area contributed by atoms with E-state index in [4.69, 9.17) is 4.42 Å². The van der Waals surface area contributed by atoms with Crippen LogP contribution in [0.25, 0.3) is 66.4 Å². The van der Waals surface area contributed by atoms with Gasteiger partial charge in [-0.2, -0.15) is 10.5 Å². The van der Waals surface area contributed by atoms with Gasteiger partial charge in [-0.1, -0.05) is 91.0 Å². The van der Waals surface area contributed by atoms with Crippen molar-refractivity contribution in [3.63, 3.8) is 0 Å². The lowest BCUT2D eigenvalue weighted by Gasteiger charge is -2.14. The van der Waals surface area contributed by atoms with Gasteiger partial charge in [-0.15, -0.1) is 0 Å². The van der Waals surface area contributed by atoms with Crippen molar-refractivity contribution in [2.24, 2.45) is 0 Å². The summed E-state index contributed by atoms with van der Waals surface area (Å²) in [5.41, 5.74) is 11.0. The van der Waals surface area contributed by atoms with Crippen LogP contribution in [0.5, 0.6) is 0 Å². The Hall–Kier alpha value is -5.90. The van der Waals surface area contributed by atoms with E-state index in [-0.39, 0.29) is 0 Å². The fourth-order valence-electron chi connectivity index (χ4n) is 5.50. The lowest BCUT2D eigenvalue weighted by atomic mass is 9.88. The summed E-state index contributed by atoms with van der Waals surface area (Å²) in [7, 11) is 0. The molecule has 0 amide bonds. The molecule has 7 rings (SSSR count). The maximum atomic E-state index is 10.2. The molecule has 190 valence electrons. The molecule has 0 bridgehead atoms. The molecule has 1 aromatic heterocycles. The van der Waals surface area contributed by atoms with Crippen LogP contribution in [0.4, 0.5) is 0 Å². The van der Waals surface area contributed by atoms with Crippen molar-refractivity contribution in [3.05, 3.63) is 145 Å². The summed E-state index contributed by atoms with van der Waals surface area (Å²) in [5.74, 6) is 0. The molecule has 6 aromatic carbocycles. The van der Waals surface area contributed by atoms with Crippen molar-refractivity contribution in [2.75, 3.05) is 0 Å². The second-order valence-electron chi connectivity index (χ2n) is 10.0. The van der Waals surface area contributed by atoms with Crippen LogP contribution in [0.15, 0.2) is 138 Å². The smallest absolute Gasteiger partial charge is 0.135 e. The van der Waals surface area contributed by atoms with E-state index in [1.807, 2.05) is 78.9 Å². The highest BCUT2D eigenvalue weighted by molar-refractivity contribution is 6.06. The Morgan fingerprint density at radius 2 is 0.927 bits per heavy atom. The predicted octanol–water partition coefficient (Wildman–Crippen LogP) is 10.00. The molecule has 0 aliphatic carbocycles. The average molecular weight is 523 g/mol. The quantitative estimate of drug-likeness (QED) is 0.231. The number of rotatable bonds is 4. The summed E-state index contributed by atoms with van der Waals surface area (Å²) in [6.07, 6.45) is 0. The highest BCUT2D eigenvalue weighted by Gasteiger charge is 2.15. The van der Waals surface area contributed by atoms with E-state index in [9.17, 15) is 10.5 Å². The lowest BCUT2D eigenvalue weighted by molar-refractivity contribution is 0.669. The maximum absolute atomic E-state index is 10.2. The molecule has 0 radical (unpaired) electrons. The molecule has 0 saturated heterocycles. The molecular formula is C38H22N2O. The molecule has 0 atom stereocenters. The van der Waals surface area contributed by atoms with Crippen molar-refractivity contribution < 1.29 is 4.42 Å². The van der Waals surface area contributed by atoms with Crippen LogP contribution in [0.1, 0.15) is 11.1 Å². The first-order chi connectivity index (χ1) is 20.2. The normalized spacial score (nSPS) is 10.9. The van der Waals surface area contributed by atoms with Gasteiger partial charge in [-0.3, -0.25) is 0 Å². The summed E-state index contributed by atoms with van der Waals surface area (Å²) in [6, 6.07) is 49.3. The van der Waals surface area contributed by atoms with E-state index >= 15 is 0 Å². The maximum Gasteiger partial charge on any atom is 0.135 e. The molecule has 7 aromatic rings. The number of hydrogen-bond acceptors (Lipinski definition) is 3. The number of nitrogens with zero attached hydrogens (tertiary/aromatic N) is 2. The minimum absolute atomic E-state index is 0.613. The Morgan fingerprint density at radius 1 is 0.415 bits per heavy atom. The van der Waals surface area contributed by atoms with E-state index < -0.39 is 0 Å². The zero-order chi connectivity index (χ0) is 27.8. The minimum atomic E-state index is 0.613. The van der Waals surface area contributed by atoms with Crippen LogP contribution in [0.2, 0.25) is 0 Å². The van der Waals surface area contributed by atoms with E-state index in [0.29, 0.717) is 11.1 Å². The first-order valence-electron chi connectivity index (χ1n) is 13.4. The summed E-state index contributed by atoms with van der Waals surface area (Å²) in [6.45, 7) is 0. The third kappa shape index (κ3) is 4.33. The zero-order valence-electron chi connectivity index (χ0n) is 22.0. The Bertz CT molecular complexity index is 2080. The highest BCUT2D eigenvalue weighted by Crippen LogP contribution is 2.38. The van der Waals surface area contributed by atoms with Crippen molar-refractivity contribution in [1.82, 2.24) is 0 Å². The van der Waals surface area contributed by atoms with Gasteiger partial charge < -0.3 is 4.42 Å². The molecule has 0 spiro atoms. The molecule has 3 heteroatoms. The second kappa shape index (κ2) is 10.0. The molecule has 1 heterocycles. The van der Waals surface area contributed by atoms with Gasteiger partial charge in [0, 0.05) is 21.9 Å². The summed E-state index contributed by atoms with van der Waals surface area (Å²) >= 11 is 0. The van der Waals surface area contributed by atoms with Crippen LogP contribution in [-0.2, 0) is 0 Å². The van der Waals surface area contributed by atoms with Gasteiger partial charge >= 0.3 is 0 Å². The minimum Gasteiger partial charge on any atom is -0.456 e. The molecule has 0 saturated carbocycles. The van der Waals surface area contributed by atoms with Crippen molar-refractivity contribution >= 4 is 21.9 Å². The molecule has 0 N–H and O–H groups in total. The van der Waals surface area contributed by atoms with Gasteiger partial charge in [0.25, 0.3) is 0 Å². The summed E-state index contributed by atoms with van der Waals surface area (Å²) < 4.78 is 6.00. The van der Waals surface area contributed by atoms with Gasteiger partial charge in [0.05, 0.1) is 17.2 Å². The molecular weight excluding hydrogens is 500 g/mol. The molecule has 3 nitrogen and oxygen atoms in total. The number of hydrogen-bond donors (Lipinski definition) is 0. The van der Waals surface area contributed by atoms with Gasteiger partial charge in [-0.25, -0.2) is 0 Å². The van der Waals surface area contributed by atoms with Crippen LogP contribution >= 0.6 is 0 Å². The van der Waals surface area contributed by atoms with Crippen LogP contribution in [-0.4, -0.2) is 0 Å². The van der Waals surface area contributed by atoms with E-state index in [0.717, 1.165) is 66.4 Å². The Morgan fingerprint density at radius 3 is 1.49 bits per heavy atom. The average Bonchev–Trinajstić information content (AvgIpc) is 3.42. The Balaban J connectivity index is 1.33. The molecule has 0 aliphatic rings. The number of benzene rings is 6. The lowest BCUT2D eigenvalue weighted by Crippen LogP contribution is -1.92. The van der Waals surface area contributed by atoms with Crippen LogP contribution < -0.4 is 0 Å². The first kappa shape index (κ1) is 24.2. The molecule has 0 aliphatic heterocycles. The third-order valence-corrected chi connectivity index (χ3v) is 7.57. The fraction of sp³-hybridized carbons (Fsp3) is 0. The van der Waals surface area contributed by atoms with Gasteiger partial charge in [0.15, 0.2) is 0 Å². The summed E-state index contributed by atoms with van der Waals surface area (Å²) in [4.78, 5) is 0. The Labute approximate surface area is 237 Å².